The van der Waals surface area contributed by atoms with Crippen LogP contribution in [0.3, 0.4) is 0 Å². The molecule has 1 saturated heterocycles. The Bertz CT molecular complexity index is 687. The van der Waals surface area contributed by atoms with E-state index in [2.05, 4.69) is 9.97 Å². The highest BCUT2D eigenvalue weighted by atomic mass is 35.5. The molecule has 1 fully saturated rings. The molecule has 0 amide bonds. The van der Waals surface area contributed by atoms with Crippen LogP contribution in [-0.2, 0) is 13.0 Å². The molecule has 0 spiro atoms. The number of likely N-dealkylation sites (tertiary alicyclic amines) is 1. The molecule has 1 aromatic carbocycles. The van der Waals surface area contributed by atoms with Crippen LogP contribution in [0.1, 0.15) is 11.3 Å². The van der Waals surface area contributed by atoms with Crippen molar-refractivity contribution in [2.45, 2.75) is 19.1 Å². The van der Waals surface area contributed by atoms with Crippen LogP contribution in [-0.4, -0.2) is 39.2 Å². The minimum absolute atomic E-state index is 0.0444. The summed E-state index contributed by atoms with van der Waals surface area (Å²) < 4.78 is 27.8. The molecule has 23 heavy (non-hydrogen) atoms. The van der Waals surface area contributed by atoms with Crippen molar-refractivity contribution in [3.05, 3.63) is 58.6 Å². The van der Waals surface area contributed by atoms with Crippen LogP contribution >= 0.6 is 11.6 Å². The average Bonchev–Trinajstić information content (AvgIpc) is 2.88. The monoisotopic (exact) mass is 339 g/mol. The molecule has 1 aliphatic rings. The summed E-state index contributed by atoms with van der Waals surface area (Å²) >= 11 is 5.71. The Morgan fingerprint density at radius 2 is 2.09 bits per heavy atom. The third kappa shape index (κ3) is 3.65. The molecule has 1 N–H and O–H groups in total. The number of nitrogens with zero attached hydrogens (tertiary/aromatic N) is 3. The molecule has 7 heteroatoms. The highest BCUT2D eigenvalue weighted by Crippen LogP contribution is 2.26. The molecule has 1 aromatic heterocycles. The maximum absolute atomic E-state index is 14.0. The summed E-state index contributed by atoms with van der Waals surface area (Å²) in [6, 6.07) is 2.36. The van der Waals surface area contributed by atoms with Crippen molar-refractivity contribution in [2.75, 3.05) is 13.1 Å². The van der Waals surface area contributed by atoms with Gasteiger partial charge in [-0.25, -0.2) is 8.78 Å². The summed E-state index contributed by atoms with van der Waals surface area (Å²) in [5.74, 6) is -1.41. The lowest BCUT2D eigenvalue weighted by molar-refractivity contribution is 0.140. The van der Waals surface area contributed by atoms with Gasteiger partial charge in [-0.05, 0) is 18.6 Å². The quantitative estimate of drug-likeness (QED) is 0.869. The van der Waals surface area contributed by atoms with E-state index in [-0.39, 0.29) is 23.0 Å². The van der Waals surface area contributed by atoms with E-state index < -0.39 is 17.7 Å². The lowest BCUT2D eigenvalue weighted by Crippen LogP contribution is -2.22. The first-order valence-electron chi connectivity index (χ1n) is 7.32. The van der Waals surface area contributed by atoms with E-state index in [0.717, 1.165) is 11.8 Å². The maximum atomic E-state index is 14.0. The van der Waals surface area contributed by atoms with Crippen molar-refractivity contribution in [2.24, 2.45) is 5.92 Å². The summed E-state index contributed by atoms with van der Waals surface area (Å²) in [5, 5.41) is 10.1. The van der Waals surface area contributed by atoms with Gasteiger partial charge in [0.2, 0.25) is 0 Å². The molecule has 0 radical (unpaired) electrons. The molecule has 1 aliphatic heterocycles. The topological polar surface area (TPSA) is 49.2 Å². The second-order valence-electron chi connectivity index (χ2n) is 5.74. The molecule has 0 unspecified atom stereocenters. The van der Waals surface area contributed by atoms with Crippen molar-refractivity contribution in [3.63, 3.8) is 0 Å². The minimum atomic E-state index is -0.737. The van der Waals surface area contributed by atoms with Crippen molar-refractivity contribution in [3.8, 4) is 0 Å². The first kappa shape index (κ1) is 16.2. The van der Waals surface area contributed by atoms with Gasteiger partial charge in [0, 0.05) is 49.7 Å². The van der Waals surface area contributed by atoms with Gasteiger partial charge in [-0.2, -0.15) is 0 Å². The third-order valence-corrected chi connectivity index (χ3v) is 4.38. The fourth-order valence-corrected chi connectivity index (χ4v) is 3.09. The summed E-state index contributed by atoms with van der Waals surface area (Å²) in [6.45, 7) is 0.964. The molecular formula is C16H16ClF2N3O. The molecule has 2 heterocycles. The Balaban J connectivity index is 1.69. The number of hydrogen-bond acceptors (Lipinski definition) is 4. The number of rotatable bonds is 4. The number of aromatic nitrogens is 2. The van der Waals surface area contributed by atoms with Crippen LogP contribution in [0.5, 0.6) is 0 Å². The Labute approximate surface area is 137 Å². The minimum Gasteiger partial charge on any atom is -0.391 e. The fraction of sp³-hybridized carbons (Fsp3) is 0.375. The summed E-state index contributed by atoms with van der Waals surface area (Å²) in [5.41, 5.74) is 0.725. The predicted octanol–water partition coefficient (Wildman–Crippen LogP) is 2.44. The first-order valence-corrected chi connectivity index (χ1v) is 7.70. The van der Waals surface area contributed by atoms with Gasteiger partial charge in [0.25, 0.3) is 0 Å². The van der Waals surface area contributed by atoms with E-state index in [4.69, 9.17) is 11.6 Å². The number of aliphatic hydroxyl groups is 1. The number of aliphatic hydroxyl groups excluding tert-OH is 1. The number of β-amino-alcohol motifs (C(OH)–C–C–N with tert-alkyl or cyclic N) is 1. The second-order valence-corrected chi connectivity index (χ2v) is 6.15. The van der Waals surface area contributed by atoms with Gasteiger partial charge < -0.3 is 5.11 Å². The lowest BCUT2D eigenvalue weighted by Gasteiger charge is -2.17. The standard InChI is InChI=1S/C16H16ClF2N3O/c17-13-1-2-14(18)12(16(13)19)8-22-7-10(15(23)9-22)5-11-6-20-3-4-21-11/h1-4,6,10,15,23H,5,7-9H2/t10-,15-/m1/s1. The fourth-order valence-electron chi connectivity index (χ4n) is 2.91. The zero-order valence-electron chi connectivity index (χ0n) is 12.3. The Hall–Kier alpha value is -1.63. The number of hydrogen-bond donors (Lipinski definition) is 1. The van der Waals surface area contributed by atoms with Crippen LogP contribution < -0.4 is 0 Å². The first-order chi connectivity index (χ1) is 11.0. The second kappa shape index (κ2) is 6.86. The molecular weight excluding hydrogens is 324 g/mol. The SMILES string of the molecule is O[C@@H]1CN(Cc2c(F)ccc(Cl)c2F)C[C@H]1Cc1cnccn1. The normalized spacial score (nSPS) is 21.7. The van der Waals surface area contributed by atoms with E-state index in [9.17, 15) is 13.9 Å². The van der Waals surface area contributed by atoms with Crippen LogP contribution in [0.25, 0.3) is 0 Å². The van der Waals surface area contributed by atoms with E-state index >= 15 is 0 Å². The zero-order chi connectivity index (χ0) is 16.4. The largest absolute Gasteiger partial charge is 0.391 e. The highest BCUT2D eigenvalue weighted by molar-refractivity contribution is 6.30. The average molecular weight is 340 g/mol. The molecule has 122 valence electrons. The van der Waals surface area contributed by atoms with Crippen LogP contribution in [0.15, 0.2) is 30.7 Å². The van der Waals surface area contributed by atoms with E-state index in [1.54, 1.807) is 18.6 Å². The van der Waals surface area contributed by atoms with Gasteiger partial charge in [0.05, 0.1) is 16.8 Å². The molecule has 3 rings (SSSR count). The maximum Gasteiger partial charge on any atom is 0.149 e. The molecule has 4 nitrogen and oxygen atoms in total. The molecule has 2 atom stereocenters. The highest BCUT2D eigenvalue weighted by Gasteiger charge is 2.32. The van der Waals surface area contributed by atoms with Gasteiger partial charge >= 0.3 is 0 Å². The zero-order valence-corrected chi connectivity index (χ0v) is 13.0. The van der Waals surface area contributed by atoms with E-state index in [0.29, 0.717) is 19.5 Å². The van der Waals surface area contributed by atoms with Crippen molar-refractivity contribution in [1.82, 2.24) is 14.9 Å². The smallest absolute Gasteiger partial charge is 0.149 e. The number of halogens is 3. The van der Waals surface area contributed by atoms with Gasteiger partial charge in [-0.3, -0.25) is 14.9 Å². The predicted molar refractivity (Wildman–Crippen MR) is 81.9 cm³/mol. The van der Waals surface area contributed by atoms with Gasteiger partial charge in [-0.15, -0.1) is 0 Å². The third-order valence-electron chi connectivity index (χ3n) is 4.09. The van der Waals surface area contributed by atoms with Crippen molar-refractivity contribution < 1.29 is 13.9 Å². The molecule has 0 saturated carbocycles. The van der Waals surface area contributed by atoms with Crippen LogP contribution in [0.4, 0.5) is 8.78 Å². The Morgan fingerprint density at radius 1 is 1.26 bits per heavy atom. The molecule has 2 aromatic rings. The summed E-state index contributed by atoms with van der Waals surface area (Å²) in [7, 11) is 0. The van der Waals surface area contributed by atoms with Crippen molar-refractivity contribution >= 4 is 11.6 Å². The Kier molecular flexibility index (Phi) is 4.84. The number of benzene rings is 1. The van der Waals surface area contributed by atoms with Gasteiger partial charge in [0.1, 0.15) is 11.6 Å². The Morgan fingerprint density at radius 3 is 2.83 bits per heavy atom. The lowest BCUT2D eigenvalue weighted by atomic mass is 10.0. The van der Waals surface area contributed by atoms with E-state index in [1.807, 2.05) is 4.90 Å². The molecule has 0 bridgehead atoms. The summed E-state index contributed by atoms with van der Waals surface area (Å²) in [6.07, 6.45) is 4.86. The van der Waals surface area contributed by atoms with Crippen molar-refractivity contribution in [1.29, 1.82) is 0 Å². The van der Waals surface area contributed by atoms with Gasteiger partial charge in [-0.1, -0.05) is 11.6 Å². The van der Waals surface area contributed by atoms with Gasteiger partial charge in [0.15, 0.2) is 0 Å². The molecule has 0 aliphatic carbocycles. The summed E-state index contributed by atoms with van der Waals surface area (Å²) in [4.78, 5) is 10.0. The van der Waals surface area contributed by atoms with Crippen LogP contribution in [0.2, 0.25) is 5.02 Å². The van der Waals surface area contributed by atoms with E-state index in [1.165, 1.54) is 6.07 Å². The van der Waals surface area contributed by atoms with Crippen LogP contribution in [0, 0.1) is 17.6 Å².